The van der Waals surface area contributed by atoms with E-state index in [2.05, 4.69) is 14.7 Å². The summed E-state index contributed by atoms with van der Waals surface area (Å²) in [6.45, 7) is -0.0741. The van der Waals surface area contributed by atoms with Gasteiger partial charge >= 0.3 is 20.6 Å². The summed E-state index contributed by atoms with van der Waals surface area (Å²) in [7, 11) is -13.6. The molecule has 0 atom stereocenters. The lowest BCUT2D eigenvalue weighted by molar-refractivity contribution is 0.302. The van der Waals surface area contributed by atoms with E-state index in [1.165, 1.54) is 0 Å². The Balaban J connectivity index is 0.000000978. The smallest absolute Gasteiger partial charge is 0.394 e. The van der Waals surface area contributed by atoms with E-state index in [1.807, 2.05) is 0 Å². The summed E-state index contributed by atoms with van der Waals surface area (Å²) < 4.78 is 99.7. The Morgan fingerprint density at radius 1 is 0.818 bits per heavy atom. The van der Waals surface area contributed by atoms with Crippen molar-refractivity contribution in [2.45, 2.75) is 22.9 Å². The molecule has 3 aromatic carbocycles. The number of rotatable bonds is 9. The Hall–Kier alpha value is -3.62. The van der Waals surface area contributed by atoms with Crippen LogP contribution in [0.1, 0.15) is 11.3 Å². The molecule has 44 heavy (non-hydrogen) atoms. The van der Waals surface area contributed by atoms with Gasteiger partial charge in [-0.05, 0) is 59.7 Å². The minimum Gasteiger partial charge on any atom is -0.487 e. The van der Waals surface area contributed by atoms with E-state index < -0.39 is 35.5 Å². The van der Waals surface area contributed by atoms with Crippen molar-refractivity contribution in [3.05, 3.63) is 88.0 Å². The zero-order chi connectivity index (χ0) is 32.9. The van der Waals surface area contributed by atoms with Crippen LogP contribution in [0, 0.1) is 0 Å². The molecular weight excluding hydrogens is 688 g/mol. The first kappa shape index (κ1) is 34.9. The highest BCUT2D eigenvalue weighted by Gasteiger charge is 2.18. The van der Waals surface area contributed by atoms with Crippen LogP contribution in [0.25, 0.3) is 11.1 Å². The second-order valence-corrected chi connectivity index (χ2v) is 13.4. The van der Waals surface area contributed by atoms with Gasteiger partial charge in [0.15, 0.2) is 0 Å². The fraction of sp³-hybridized carbons (Fsp3) is 0.0833. The van der Waals surface area contributed by atoms with Crippen molar-refractivity contribution in [3.63, 3.8) is 0 Å². The Morgan fingerprint density at radius 3 is 1.93 bits per heavy atom. The predicted molar refractivity (Wildman–Crippen MR) is 160 cm³/mol. The van der Waals surface area contributed by atoms with Crippen LogP contribution in [0.3, 0.4) is 0 Å². The highest BCUT2D eigenvalue weighted by Crippen LogP contribution is 2.33. The van der Waals surface area contributed by atoms with Gasteiger partial charge in [0.2, 0.25) is 16.0 Å². The largest absolute Gasteiger partial charge is 0.487 e. The van der Waals surface area contributed by atoms with Gasteiger partial charge in [0, 0.05) is 12.1 Å². The summed E-state index contributed by atoms with van der Waals surface area (Å²) in [5.74, 6) is 0.571. The number of nitrogen functional groups attached to an aromatic ring is 2. The molecule has 0 amide bonds. The van der Waals surface area contributed by atoms with Gasteiger partial charge in [-0.3, -0.25) is 9.11 Å². The van der Waals surface area contributed by atoms with E-state index in [0.29, 0.717) is 38.2 Å². The molecule has 0 unspecified atom stereocenters. The lowest BCUT2D eigenvalue weighted by Crippen LogP contribution is -2.23. The molecule has 1 aromatic heterocycles. The number of hydrogen-bond acceptors (Lipinski definition) is 11. The van der Waals surface area contributed by atoms with Crippen molar-refractivity contribution in [2.75, 3.05) is 11.5 Å². The number of nitrogens with one attached hydrogen (secondary N) is 1. The van der Waals surface area contributed by atoms with Crippen LogP contribution in [0.2, 0.25) is 10.0 Å². The fourth-order valence-electron chi connectivity index (χ4n) is 3.52. The van der Waals surface area contributed by atoms with Crippen molar-refractivity contribution in [3.8, 4) is 16.9 Å². The van der Waals surface area contributed by atoms with E-state index >= 15 is 0 Å². The molecule has 4 aromatic rings. The van der Waals surface area contributed by atoms with Gasteiger partial charge in [-0.15, -0.1) is 3.89 Å². The second-order valence-electron chi connectivity index (χ2n) is 8.53. The van der Waals surface area contributed by atoms with E-state index in [1.54, 1.807) is 42.5 Å². The Kier molecular flexibility index (Phi) is 11.1. The maximum absolute atomic E-state index is 13.0. The molecule has 236 valence electrons. The first-order valence-electron chi connectivity index (χ1n) is 11.7. The molecule has 0 aliphatic heterocycles. The molecular formula is C24H22Cl2FN5O9S3. The fourth-order valence-corrected chi connectivity index (χ4v) is 5.29. The minimum absolute atomic E-state index is 0.0108. The molecule has 0 spiro atoms. The highest BCUT2D eigenvalue weighted by molar-refractivity contribution is 7.89. The highest BCUT2D eigenvalue weighted by atomic mass is 35.5. The van der Waals surface area contributed by atoms with Crippen LogP contribution in [0.5, 0.6) is 5.75 Å². The van der Waals surface area contributed by atoms with Gasteiger partial charge in [0.25, 0.3) is 0 Å². The van der Waals surface area contributed by atoms with Crippen LogP contribution in [-0.4, -0.2) is 44.3 Å². The minimum atomic E-state index is -4.93. The molecule has 20 heteroatoms. The van der Waals surface area contributed by atoms with Crippen molar-refractivity contribution in [1.29, 1.82) is 0 Å². The molecule has 4 rings (SSSR count). The molecule has 0 fully saturated rings. The average molecular weight is 711 g/mol. The number of anilines is 2. The molecule has 0 aliphatic carbocycles. The molecule has 0 saturated carbocycles. The van der Waals surface area contributed by atoms with Crippen LogP contribution in [0.15, 0.2) is 76.5 Å². The summed E-state index contributed by atoms with van der Waals surface area (Å²) >= 11 is 12.2. The van der Waals surface area contributed by atoms with Gasteiger partial charge in [-0.1, -0.05) is 41.4 Å². The molecule has 0 aliphatic rings. The number of aromatic nitrogens is 2. The monoisotopic (exact) mass is 709 g/mol. The van der Waals surface area contributed by atoms with Gasteiger partial charge in [0.1, 0.15) is 18.2 Å². The topological polar surface area (TPSA) is 242 Å². The summed E-state index contributed by atoms with van der Waals surface area (Å²) in [5.41, 5.74) is 14.0. The summed E-state index contributed by atoms with van der Waals surface area (Å²) in [5, 5.41) is 0.703. The Bertz CT molecular complexity index is 1980. The molecule has 0 radical (unpaired) electrons. The molecule has 0 bridgehead atoms. The third-order valence-corrected chi connectivity index (χ3v) is 8.41. The normalized spacial score (nSPS) is 11.8. The molecule has 7 N–H and O–H groups in total. The second kappa shape index (κ2) is 14.0. The van der Waals surface area contributed by atoms with E-state index in [-0.39, 0.29) is 29.8 Å². The number of nitrogens with zero attached hydrogens (tertiary/aromatic N) is 2. The molecule has 14 nitrogen and oxygen atoms in total. The summed E-state index contributed by atoms with van der Waals surface area (Å²) in [6, 6.07) is 15.3. The third-order valence-electron chi connectivity index (χ3n) is 5.42. The Labute approximate surface area is 261 Å². The quantitative estimate of drug-likeness (QED) is 0.123. The SMILES string of the molecule is Nc1nc(N)c(-c2ccc(Cl)c(Cl)c2)c(COc2ccc(CNS(=O)(=O)c3ccc(S(=O)(=O)F)cc3)cc2)n1.O=S(=O)(O)O. The zero-order valence-electron chi connectivity index (χ0n) is 21.9. The van der Waals surface area contributed by atoms with Gasteiger partial charge in [-0.2, -0.15) is 21.8 Å². The third kappa shape index (κ3) is 10.2. The standard InChI is InChI=1S/C24H20Cl2FN5O5S2.H2O4S/c25-19-10-3-15(11-20(19)26)22-21(31-24(29)32-23(22)28)13-37-16-4-1-14(2-5-16)12-30-39(35,36)18-8-6-17(7-9-18)38(27,33)34;1-5(2,3)4/h1-11,30H,12-13H2,(H4,28,29,31,32);(H2,1,2,3,4). The van der Waals surface area contributed by atoms with Crippen LogP contribution in [-0.2, 0) is 43.8 Å². The predicted octanol–water partition coefficient (Wildman–Crippen LogP) is 3.68. The van der Waals surface area contributed by atoms with Crippen molar-refractivity contribution < 1.29 is 43.0 Å². The number of halogens is 3. The first-order valence-corrected chi connectivity index (χ1v) is 16.7. The maximum atomic E-state index is 13.0. The van der Waals surface area contributed by atoms with Gasteiger partial charge < -0.3 is 16.2 Å². The average Bonchev–Trinajstić information content (AvgIpc) is 2.91. The number of hydrogen-bond donors (Lipinski definition) is 5. The maximum Gasteiger partial charge on any atom is 0.394 e. The number of sulfonamides is 1. The number of benzene rings is 3. The number of ether oxygens (including phenoxy) is 1. The molecule has 0 saturated heterocycles. The van der Waals surface area contributed by atoms with Crippen molar-refractivity contribution >= 4 is 65.6 Å². The van der Waals surface area contributed by atoms with Crippen molar-refractivity contribution in [2.24, 2.45) is 0 Å². The summed E-state index contributed by atoms with van der Waals surface area (Å²) in [6.07, 6.45) is 0. The van der Waals surface area contributed by atoms with E-state index in [9.17, 15) is 20.7 Å². The number of nitrogens with two attached hydrogens (primary N) is 2. The lowest BCUT2D eigenvalue weighted by Gasteiger charge is -2.14. The first-order chi connectivity index (χ1) is 20.3. The molecule has 1 heterocycles. The van der Waals surface area contributed by atoms with Crippen LogP contribution >= 0.6 is 23.2 Å². The lowest BCUT2D eigenvalue weighted by atomic mass is 10.0. The van der Waals surface area contributed by atoms with Crippen LogP contribution in [0.4, 0.5) is 15.7 Å². The van der Waals surface area contributed by atoms with Gasteiger partial charge in [-0.25, -0.2) is 18.1 Å². The van der Waals surface area contributed by atoms with E-state index in [4.69, 9.17) is 56.9 Å². The summed E-state index contributed by atoms with van der Waals surface area (Å²) in [4.78, 5) is 7.43. The van der Waals surface area contributed by atoms with Crippen LogP contribution < -0.4 is 20.9 Å². The van der Waals surface area contributed by atoms with E-state index in [0.717, 1.165) is 24.3 Å². The van der Waals surface area contributed by atoms with Gasteiger partial charge in [0.05, 0.1) is 25.5 Å². The zero-order valence-corrected chi connectivity index (χ0v) is 25.9. The van der Waals surface area contributed by atoms with Crippen molar-refractivity contribution in [1.82, 2.24) is 14.7 Å². The Morgan fingerprint density at radius 2 is 1.39 bits per heavy atom.